The number of ketones is 1. The summed E-state index contributed by atoms with van der Waals surface area (Å²) in [5.74, 6) is -0.102. The molecule has 0 aliphatic carbocycles. The van der Waals surface area contributed by atoms with E-state index < -0.39 is 7.60 Å². The van der Waals surface area contributed by atoms with E-state index in [1.54, 1.807) is 0 Å². The molecule has 0 unspecified atom stereocenters. The third-order valence-corrected chi connectivity index (χ3v) is 3.60. The van der Waals surface area contributed by atoms with Gasteiger partial charge in [0.2, 0.25) is 0 Å². The van der Waals surface area contributed by atoms with Crippen molar-refractivity contribution in [3.05, 3.63) is 12.2 Å². The average molecular weight is 220 g/mol. The van der Waals surface area contributed by atoms with Crippen LogP contribution < -0.4 is 0 Å². The number of rotatable bonds is 7. The Kier molecular flexibility index (Phi) is 6.71. The molecule has 82 valence electrons. The molecule has 0 aromatic heterocycles. The highest BCUT2D eigenvalue weighted by molar-refractivity contribution is 7.54. The van der Waals surface area contributed by atoms with Gasteiger partial charge in [-0.1, -0.05) is 12.2 Å². The van der Waals surface area contributed by atoms with Crippen LogP contribution in [0, 0.1) is 0 Å². The molecule has 0 spiro atoms. The van der Waals surface area contributed by atoms with Crippen LogP contribution >= 0.6 is 7.60 Å². The fraction of sp³-hybridized carbons (Fsp3) is 0.667. The third-order valence-electron chi connectivity index (χ3n) is 1.75. The molecule has 4 nitrogen and oxygen atoms in total. The predicted molar refractivity (Wildman–Crippen MR) is 55.5 cm³/mol. The van der Waals surface area contributed by atoms with Crippen molar-refractivity contribution in [1.82, 2.24) is 0 Å². The zero-order valence-electron chi connectivity index (χ0n) is 8.86. The van der Waals surface area contributed by atoms with E-state index in [1.165, 1.54) is 14.2 Å². The van der Waals surface area contributed by atoms with Crippen LogP contribution in [0.4, 0.5) is 0 Å². The van der Waals surface area contributed by atoms with E-state index in [9.17, 15) is 9.36 Å². The maximum atomic E-state index is 11.5. The summed E-state index contributed by atoms with van der Waals surface area (Å²) in [5, 5.41) is 0. The number of hydrogen-bond acceptors (Lipinski definition) is 4. The molecule has 0 aliphatic rings. The molecular formula is C9H17O4P. The standard InChI is InChI=1S/C9H17O4P/c1-4-5-6-7-9(10)8-14(11,12-2)13-3/h4-5H,6-8H2,1-3H3/b5-4+. The Morgan fingerprint density at radius 3 is 2.36 bits per heavy atom. The Morgan fingerprint density at radius 2 is 1.93 bits per heavy atom. The monoisotopic (exact) mass is 220 g/mol. The quantitative estimate of drug-likeness (QED) is 0.488. The first-order valence-corrected chi connectivity index (χ1v) is 6.14. The maximum Gasteiger partial charge on any atom is 0.337 e. The molecule has 0 amide bonds. The van der Waals surface area contributed by atoms with Crippen molar-refractivity contribution < 1.29 is 18.4 Å². The van der Waals surface area contributed by atoms with Crippen molar-refractivity contribution in [2.75, 3.05) is 20.4 Å². The molecule has 0 rings (SSSR count). The molecule has 0 atom stereocenters. The number of carbonyl (C=O) groups is 1. The van der Waals surface area contributed by atoms with Crippen LogP contribution in [0.15, 0.2) is 12.2 Å². The molecule has 0 saturated carbocycles. The zero-order chi connectivity index (χ0) is 11.0. The summed E-state index contributed by atoms with van der Waals surface area (Å²) in [6.07, 6.45) is 4.67. The van der Waals surface area contributed by atoms with Crippen molar-refractivity contribution in [2.24, 2.45) is 0 Å². The largest absolute Gasteiger partial charge is 0.337 e. The van der Waals surface area contributed by atoms with Crippen LogP contribution in [0.1, 0.15) is 19.8 Å². The first kappa shape index (κ1) is 13.6. The van der Waals surface area contributed by atoms with E-state index in [0.717, 1.165) is 0 Å². The second kappa shape index (κ2) is 6.93. The van der Waals surface area contributed by atoms with Crippen LogP contribution in [0.5, 0.6) is 0 Å². The third kappa shape index (κ3) is 5.32. The van der Waals surface area contributed by atoms with E-state index in [0.29, 0.717) is 12.8 Å². The van der Waals surface area contributed by atoms with Gasteiger partial charge in [-0.2, -0.15) is 0 Å². The van der Waals surface area contributed by atoms with E-state index >= 15 is 0 Å². The molecule has 14 heavy (non-hydrogen) atoms. The van der Waals surface area contributed by atoms with Crippen LogP contribution in [-0.4, -0.2) is 26.2 Å². The average Bonchev–Trinajstić information content (AvgIpc) is 2.18. The molecular weight excluding hydrogens is 203 g/mol. The van der Waals surface area contributed by atoms with Crippen molar-refractivity contribution >= 4 is 13.4 Å². The van der Waals surface area contributed by atoms with Crippen LogP contribution in [0.2, 0.25) is 0 Å². The van der Waals surface area contributed by atoms with Crippen LogP contribution in [0.3, 0.4) is 0 Å². The fourth-order valence-corrected chi connectivity index (χ4v) is 1.91. The molecule has 5 heteroatoms. The number of hydrogen-bond donors (Lipinski definition) is 0. The van der Waals surface area contributed by atoms with Gasteiger partial charge in [0, 0.05) is 20.6 Å². The molecule has 0 aromatic rings. The van der Waals surface area contributed by atoms with Gasteiger partial charge in [0.25, 0.3) is 0 Å². The highest BCUT2D eigenvalue weighted by atomic mass is 31.2. The molecule has 0 bridgehead atoms. The minimum Gasteiger partial charge on any atom is -0.312 e. The van der Waals surface area contributed by atoms with Gasteiger partial charge in [0.1, 0.15) is 11.9 Å². The second-order valence-electron chi connectivity index (χ2n) is 2.78. The maximum absolute atomic E-state index is 11.5. The van der Waals surface area contributed by atoms with E-state index in [4.69, 9.17) is 0 Å². The lowest BCUT2D eigenvalue weighted by molar-refractivity contribution is -0.116. The highest BCUT2D eigenvalue weighted by Gasteiger charge is 2.24. The van der Waals surface area contributed by atoms with Crippen LogP contribution in [0.25, 0.3) is 0 Å². The number of carbonyl (C=O) groups excluding carboxylic acids is 1. The number of Topliss-reactive ketones (excluding diaryl/α,β-unsaturated/α-hetero) is 1. The van der Waals surface area contributed by atoms with E-state index in [2.05, 4.69) is 9.05 Å². The molecule has 0 radical (unpaired) electrons. The SMILES string of the molecule is C/C=C/CCC(=O)CP(=O)(OC)OC. The Morgan fingerprint density at radius 1 is 1.36 bits per heavy atom. The second-order valence-corrected chi connectivity index (χ2v) is 5.05. The van der Waals surface area contributed by atoms with Crippen molar-refractivity contribution in [3.8, 4) is 0 Å². The lowest BCUT2D eigenvalue weighted by Gasteiger charge is -2.11. The van der Waals surface area contributed by atoms with Gasteiger partial charge >= 0.3 is 7.60 Å². The molecule has 0 aliphatic heterocycles. The van der Waals surface area contributed by atoms with E-state index in [1.807, 2.05) is 19.1 Å². The van der Waals surface area contributed by atoms with Crippen molar-refractivity contribution in [2.45, 2.75) is 19.8 Å². The summed E-state index contributed by atoms with van der Waals surface area (Å²) in [6, 6.07) is 0. The van der Waals surface area contributed by atoms with Crippen LogP contribution in [-0.2, 0) is 18.4 Å². The summed E-state index contributed by atoms with van der Waals surface area (Å²) in [6.45, 7) is 1.89. The predicted octanol–water partition coefficient (Wildman–Crippen LogP) is 2.40. The smallest absolute Gasteiger partial charge is 0.312 e. The minimum absolute atomic E-state index is 0.102. The molecule has 0 saturated heterocycles. The normalized spacial score (nSPS) is 12.2. The summed E-state index contributed by atoms with van der Waals surface area (Å²) >= 11 is 0. The highest BCUT2D eigenvalue weighted by Crippen LogP contribution is 2.46. The minimum atomic E-state index is -3.16. The van der Waals surface area contributed by atoms with Gasteiger partial charge in [0.15, 0.2) is 0 Å². The fourth-order valence-electron chi connectivity index (χ4n) is 0.910. The van der Waals surface area contributed by atoms with Gasteiger partial charge in [-0.25, -0.2) is 0 Å². The van der Waals surface area contributed by atoms with Gasteiger partial charge in [0.05, 0.1) is 0 Å². The topological polar surface area (TPSA) is 52.6 Å². The lowest BCUT2D eigenvalue weighted by atomic mass is 10.2. The van der Waals surface area contributed by atoms with Gasteiger partial charge < -0.3 is 9.05 Å². The molecule has 0 N–H and O–H groups in total. The van der Waals surface area contributed by atoms with Crippen molar-refractivity contribution in [1.29, 1.82) is 0 Å². The Bertz CT molecular complexity index is 239. The Balaban J connectivity index is 3.98. The molecule has 0 aromatic carbocycles. The summed E-state index contributed by atoms with van der Waals surface area (Å²) in [7, 11) is -0.597. The van der Waals surface area contributed by atoms with Crippen molar-refractivity contribution in [3.63, 3.8) is 0 Å². The van der Waals surface area contributed by atoms with Gasteiger partial charge in [-0.15, -0.1) is 0 Å². The Labute approximate surface area is 84.8 Å². The van der Waals surface area contributed by atoms with Gasteiger partial charge in [-0.3, -0.25) is 9.36 Å². The number of allylic oxidation sites excluding steroid dienone is 2. The van der Waals surface area contributed by atoms with Gasteiger partial charge in [-0.05, 0) is 13.3 Å². The molecule has 0 heterocycles. The summed E-state index contributed by atoms with van der Waals surface area (Å²) < 4.78 is 20.8. The summed E-state index contributed by atoms with van der Waals surface area (Å²) in [4.78, 5) is 11.3. The zero-order valence-corrected chi connectivity index (χ0v) is 9.75. The first-order chi connectivity index (χ1) is 6.58. The summed E-state index contributed by atoms with van der Waals surface area (Å²) in [5.41, 5.74) is 0. The Hall–Kier alpha value is -0.440. The van der Waals surface area contributed by atoms with E-state index in [-0.39, 0.29) is 11.9 Å². The molecule has 0 fully saturated rings. The first-order valence-electron chi connectivity index (χ1n) is 4.41. The lowest BCUT2D eigenvalue weighted by Crippen LogP contribution is -2.07.